The number of carbonyl (C=O) groups excluding carboxylic acids is 2. The molecular weight excluding hydrogens is 368 g/mol. The molecule has 6 heteroatoms. The molecule has 1 saturated carbocycles. The first-order valence-corrected chi connectivity index (χ1v) is 9.78. The van der Waals surface area contributed by atoms with Crippen LogP contribution in [0.25, 0.3) is 22.8 Å². The molecule has 4 rings (SSSR count). The number of nitrogens with zero attached hydrogens (tertiary/aromatic N) is 1. The number of esters is 1. The number of hydrogen-bond acceptors (Lipinski definition) is 5. The van der Waals surface area contributed by atoms with Gasteiger partial charge >= 0.3 is 5.97 Å². The number of carbonyl (C=O) groups is 2. The summed E-state index contributed by atoms with van der Waals surface area (Å²) in [6.45, 7) is -0.301. The molecule has 0 aliphatic heterocycles. The van der Waals surface area contributed by atoms with E-state index in [0.29, 0.717) is 22.8 Å². The van der Waals surface area contributed by atoms with E-state index < -0.39 is 5.97 Å². The van der Waals surface area contributed by atoms with Crippen LogP contribution in [0.4, 0.5) is 0 Å². The van der Waals surface area contributed by atoms with Crippen LogP contribution in [0.15, 0.2) is 65.2 Å². The van der Waals surface area contributed by atoms with Gasteiger partial charge in [-0.25, -0.2) is 9.78 Å². The van der Waals surface area contributed by atoms with Gasteiger partial charge in [-0.2, -0.15) is 0 Å². The molecule has 1 aliphatic rings. The summed E-state index contributed by atoms with van der Waals surface area (Å²) in [4.78, 5) is 28.9. The zero-order valence-corrected chi connectivity index (χ0v) is 16.0. The third kappa shape index (κ3) is 4.54. The minimum Gasteiger partial charge on any atom is -0.452 e. The van der Waals surface area contributed by atoms with Crippen molar-refractivity contribution < 1.29 is 18.7 Å². The normalized spacial score (nSPS) is 13.9. The Balaban J connectivity index is 1.46. The summed E-state index contributed by atoms with van der Waals surface area (Å²) in [6, 6.07) is 16.7. The maximum Gasteiger partial charge on any atom is 0.339 e. The zero-order chi connectivity index (χ0) is 20.1. The first-order chi connectivity index (χ1) is 14.2. The lowest BCUT2D eigenvalue weighted by Gasteiger charge is -2.12. The number of nitrogens with one attached hydrogen (secondary N) is 1. The summed E-state index contributed by atoms with van der Waals surface area (Å²) in [5.74, 6) is 0.0818. The van der Waals surface area contributed by atoms with Gasteiger partial charge in [0.2, 0.25) is 5.89 Å². The minimum atomic E-state index is -0.582. The van der Waals surface area contributed by atoms with Gasteiger partial charge in [-0.3, -0.25) is 4.79 Å². The van der Waals surface area contributed by atoms with Crippen LogP contribution in [0.3, 0.4) is 0 Å². The van der Waals surface area contributed by atoms with Crippen molar-refractivity contribution in [2.45, 2.75) is 31.7 Å². The molecule has 1 aromatic heterocycles. The van der Waals surface area contributed by atoms with Crippen LogP contribution in [-0.2, 0) is 9.53 Å². The second kappa shape index (κ2) is 8.73. The number of amides is 1. The van der Waals surface area contributed by atoms with Crippen molar-refractivity contribution in [3.63, 3.8) is 0 Å². The van der Waals surface area contributed by atoms with Crippen molar-refractivity contribution >= 4 is 11.9 Å². The van der Waals surface area contributed by atoms with E-state index >= 15 is 0 Å². The zero-order valence-electron chi connectivity index (χ0n) is 16.0. The highest BCUT2D eigenvalue weighted by Gasteiger charge is 2.21. The first kappa shape index (κ1) is 18.9. The highest BCUT2D eigenvalue weighted by Crippen LogP contribution is 2.28. The van der Waals surface area contributed by atoms with E-state index in [9.17, 15) is 9.59 Å². The van der Waals surface area contributed by atoms with Crippen molar-refractivity contribution in [1.29, 1.82) is 0 Å². The average Bonchev–Trinajstić information content (AvgIpc) is 3.45. The molecule has 0 radical (unpaired) electrons. The molecule has 148 valence electrons. The smallest absolute Gasteiger partial charge is 0.339 e. The molecule has 29 heavy (non-hydrogen) atoms. The number of ether oxygens (including phenoxy) is 1. The quantitative estimate of drug-likeness (QED) is 0.637. The maximum atomic E-state index is 12.6. The number of benzene rings is 2. The number of hydrogen-bond donors (Lipinski definition) is 1. The number of rotatable bonds is 6. The second-order valence-corrected chi connectivity index (χ2v) is 7.07. The van der Waals surface area contributed by atoms with Gasteiger partial charge in [0.15, 0.2) is 12.4 Å². The standard InChI is InChI=1S/C23H22N2O4/c26-21(25-17-10-4-5-11-17)15-28-23(27)19-13-7-6-12-18(19)22-24-14-20(29-22)16-8-2-1-3-9-16/h1-3,6-9,12-14,17H,4-5,10-11,15H2,(H,25,26). The van der Waals surface area contributed by atoms with Gasteiger partial charge < -0.3 is 14.5 Å². The van der Waals surface area contributed by atoms with Gasteiger partial charge in [-0.1, -0.05) is 55.3 Å². The highest BCUT2D eigenvalue weighted by atomic mass is 16.5. The summed E-state index contributed by atoms with van der Waals surface area (Å²) in [5.41, 5.74) is 1.73. The lowest BCUT2D eigenvalue weighted by molar-refractivity contribution is -0.124. The molecule has 0 atom stereocenters. The van der Waals surface area contributed by atoms with Crippen molar-refractivity contribution in [3.8, 4) is 22.8 Å². The maximum absolute atomic E-state index is 12.6. The number of aromatic nitrogens is 1. The van der Waals surface area contributed by atoms with Crippen molar-refractivity contribution in [3.05, 3.63) is 66.4 Å². The third-order valence-electron chi connectivity index (χ3n) is 5.00. The predicted molar refractivity (Wildman–Crippen MR) is 108 cm³/mol. The fraction of sp³-hybridized carbons (Fsp3) is 0.261. The first-order valence-electron chi connectivity index (χ1n) is 9.78. The second-order valence-electron chi connectivity index (χ2n) is 7.07. The average molecular weight is 390 g/mol. The molecule has 2 aromatic carbocycles. The van der Waals surface area contributed by atoms with Crippen molar-refractivity contribution in [1.82, 2.24) is 10.3 Å². The molecule has 3 aromatic rings. The van der Waals surface area contributed by atoms with Gasteiger partial charge in [-0.05, 0) is 25.0 Å². The Bertz CT molecular complexity index is 991. The topological polar surface area (TPSA) is 81.4 Å². The van der Waals surface area contributed by atoms with Crippen molar-refractivity contribution in [2.24, 2.45) is 0 Å². The van der Waals surface area contributed by atoms with Crippen molar-refractivity contribution in [2.75, 3.05) is 6.61 Å². The largest absolute Gasteiger partial charge is 0.452 e. The lowest BCUT2D eigenvalue weighted by Crippen LogP contribution is -2.35. The Morgan fingerprint density at radius 1 is 1.03 bits per heavy atom. The van der Waals surface area contributed by atoms with Gasteiger partial charge in [-0.15, -0.1) is 0 Å². The van der Waals surface area contributed by atoms with Crippen LogP contribution in [0, 0.1) is 0 Å². The Morgan fingerprint density at radius 3 is 2.55 bits per heavy atom. The van der Waals surface area contributed by atoms with Gasteiger partial charge in [0.1, 0.15) is 0 Å². The summed E-state index contributed by atoms with van der Waals surface area (Å²) < 4.78 is 11.1. The third-order valence-corrected chi connectivity index (χ3v) is 5.00. The Morgan fingerprint density at radius 2 is 1.76 bits per heavy atom. The minimum absolute atomic E-state index is 0.192. The van der Waals surface area contributed by atoms with Crippen LogP contribution in [0.5, 0.6) is 0 Å². The highest BCUT2D eigenvalue weighted by molar-refractivity contribution is 5.97. The molecule has 0 spiro atoms. The van der Waals surface area contributed by atoms with E-state index in [2.05, 4.69) is 10.3 Å². The SMILES string of the molecule is O=C(COC(=O)c1ccccc1-c1ncc(-c2ccccc2)o1)NC1CCCC1. The number of oxazole rings is 1. The molecule has 6 nitrogen and oxygen atoms in total. The van der Waals surface area contributed by atoms with Crippen LogP contribution < -0.4 is 5.32 Å². The van der Waals surface area contributed by atoms with Crippen LogP contribution in [0.1, 0.15) is 36.0 Å². The molecule has 0 saturated heterocycles. The fourth-order valence-electron chi connectivity index (χ4n) is 3.53. The Hall–Kier alpha value is -3.41. The molecule has 0 bridgehead atoms. The summed E-state index contributed by atoms with van der Waals surface area (Å²) >= 11 is 0. The Labute approximate surface area is 168 Å². The molecule has 1 N–H and O–H groups in total. The lowest BCUT2D eigenvalue weighted by atomic mass is 10.1. The van der Waals surface area contributed by atoms with Crippen LogP contribution in [-0.4, -0.2) is 29.5 Å². The molecule has 1 amide bonds. The summed E-state index contributed by atoms with van der Waals surface area (Å²) in [7, 11) is 0. The monoisotopic (exact) mass is 390 g/mol. The predicted octanol–water partition coefficient (Wildman–Crippen LogP) is 4.22. The van der Waals surface area contributed by atoms with Gasteiger partial charge in [0, 0.05) is 11.6 Å². The fourth-order valence-corrected chi connectivity index (χ4v) is 3.53. The van der Waals surface area contributed by atoms with E-state index in [-0.39, 0.29) is 18.6 Å². The van der Waals surface area contributed by atoms with E-state index in [1.54, 1.807) is 30.5 Å². The van der Waals surface area contributed by atoms with E-state index in [0.717, 1.165) is 31.2 Å². The molecule has 1 fully saturated rings. The van der Waals surface area contributed by atoms with Gasteiger partial charge in [0.25, 0.3) is 5.91 Å². The molecular formula is C23H22N2O4. The molecule has 0 unspecified atom stereocenters. The van der Waals surface area contributed by atoms with E-state index in [1.807, 2.05) is 30.3 Å². The molecule has 1 heterocycles. The molecule has 1 aliphatic carbocycles. The van der Waals surface area contributed by atoms with Crippen LogP contribution in [0.2, 0.25) is 0 Å². The summed E-state index contributed by atoms with van der Waals surface area (Å²) in [6.07, 6.45) is 5.84. The summed E-state index contributed by atoms with van der Waals surface area (Å²) in [5, 5.41) is 2.91. The van der Waals surface area contributed by atoms with Gasteiger partial charge in [0.05, 0.1) is 17.3 Å². The van der Waals surface area contributed by atoms with E-state index in [4.69, 9.17) is 9.15 Å². The van der Waals surface area contributed by atoms with Crippen LogP contribution >= 0.6 is 0 Å². The van der Waals surface area contributed by atoms with E-state index in [1.165, 1.54) is 0 Å². The Kier molecular flexibility index (Phi) is 5.70.